The molecule has 2 aromatic carbocycles. The van der Waals surface area contributed by atoms with Gasteiger partial charge in [-0.3, -0.25) is 9.80 Å². The van der Waals surface area contributed by atoms with Crippen LogP contribution in [0.2, 0.25) is 0 Å². The predicted octanol–water partition coefficient (Wildman–Crippen LogP) is 7.36. The number of aromatic nitrogens is 1. The number of nitrogens with zero attached hydrogens (tertiary/aromatic N) is 3. The highest BCUT2D eigenvalue weighted by atomic mass is 35.5. The monoisotopic (exact) mass is 541 g/mol. The van der Waals surface area contributed by atoms with Crippen LogP contribution in [0.15, 0.2) is 59.8 Å². The van der Waals surface area contributed by atoms with E-state index >= 15 is 0 Å². The Morgan fingerprint density at radius 1 is 1.00 bits per heavy atom. The Kier molecular flexibility index (Phi) is 12.2. The Morgan fingerprint density at radius 3 is 2.16 bits per heavy atom. The van der Waals surface area contributed by atoms with E-state index in [0.717, 1.165) is 45.0 Å². The normalized spacial score (nSPS) is 10.4. The van der Waals surface area contributed by atoms with Crippen LogP contribution in [-0.2, 0) is 12.4 Å². The number of hydrogen-bond donors (Lipinski definition) is 0. The van der Waals surface area contributed by atoms with Crippen LogP contribution in [0.3, 0.4) is 0 Å². The summed E-state index contributed by atoms with van der Waals surface area (Å²) in [7, 11) is 5.22. The molecule has 0 aliphatic carbocycles. The number of hydrogen-bond acceptors (Lipinski definition) is 6. The van der Waals surface area contributed by atoms with Crippen molar-refractivity contribution in [3.05, 3.63) is 87.6 Å². The summed E-state index contributed by atoms with van der Waals surface area (Å²) in [6, 6.07) is 15.6. The number of benzene rings is 2. The van der Waals surface area contributed by atoms with Gasteiger partial charge in [0.05, 0.1) is 27.0 Å². The Morgan fingerprint density at radius 2 is 1.59 bits per heavy atom. The highest BCUT2D eigenvalue weighted by Gasteiger charge is 2.15. The van der Waals surface area contributed by atoms with Gasteiger partial charge in [0, 0.05) is 40.8 Å². The molecule has 0 saturated heterocycles. The van der Waals surface area contributed by atoms with Gasteiger partial charge in [0.15, 0.2) is 6.29 Å². The summed E-state index contributed by atoms with van der Waals surface area (Å²) in [5.41, 5.74) is 4.72. The standard InChI is InChI=1S/C19H21N3O2S.C8H9ClO.C2H6/c1-13-10-22-14(2)18(12-23)17(19(22)25-13)9-20-21(3)11-15-6-5-7-16(8-15)24-4;1-10-8-4-2-3-7(5-8)6-9;1-2/h5-10,12H,11H2,1-4H3;2-5H,6H2,1H3;1-2H3/b20-9-;;. The number of fused-ring (bicyclic) bond motifs is 1. The van der Waals surface area contributed by atoms with Gasteiger partial charge in [0.1, 0.15) is 16.3 Å². The second-order valence-corrected chi connectivity index (χ2v) is 9.45. The van der Waals surface area contributed by atoms with Crippen LogP contribution in [0.5, 0.6) is 11.5 Å². The Balaban J connectivity index is 0.000000336. The van der Waals surface area contributed by atoms with Crippen molar-refractivity contribution >= 4 is 40.3 Å². The maximum Gasteiger partial charge on any atom is 0.152 e. The number of aryl methyl sites for hydroxylation is 2. The largest absolute Gasteiger partial charge is 0.497 e. The minimum absolute atomic E-state index is 0.539. The second kappa shape index (κ2) is 15.1. The number of halogens is 1. The number of ether oxygens (including phenoxy) is 2. The molecule has 0 fully saturated rings. The molecule has 4 rings (SSSR count). The average Bonchev–Trinajstić information content (AvgIpc) is 3.43. The highest BCUT2D eigenvalue weighted by Crippen LogP contribution is 2.27. The first-order valence-electron chi connectivity index (χ1n) is 12.0. The second-order valence-electron chi connectivity index (χ2n) is 7.94. The van der Waals surface area contributed by atoms with Gasteiger partial charge >= 0.3 is 0 Å². The molecule has 0 amide bonds. The van der Waals surface area contributed by atoms with E-state index in [0.29, 0.717) is 18.0 Å². The minimum Gasteiger partial charge on any atom is -0.497 e. The van der Waals surface area contributed by atoms with E-state index in [4.69, 9.17) is 21.1 Å². The van der Waals surface area contributed by atoms with Crippen LogP contribution in [0, 0.1) is 13.8 Å². The molecule has 0 bridgehead atoms. The van der Waals surface area contributed by atoms with Crippen molar-refractivity contribution in [2.24, 2.45) is 5.10 Å². The molecule has 6 nitrogen and oxygen atoms in total. The minimum atomic E-state index is 0.539. The van der Waals surface area contributed by atoms with Crippen LogP contribution in [0.4, 0.5) is 0 Å². The molecule has 0 aliphatic rings. The van der Waals surface area contributed by atoms with Crippen LogP contribution in [0.25, 0.3) is 4.83 Å². The summed E-state index contributed by atoms with van der Waals surface area (Å²) >= 11 is 7.27. The van der Waals surface area contributed by atoms with Gasteiger partial charge in [0.25, 0.3) is 0 Å². The smallest absolute Gasteiger partial charge is 0.152 e. The SMILES string of the molecule is CC.COc1cccc(CCl)c1.COc1cccc(CN(C)/N=C\c2c(C=O)c(C)n3cc(C)sc23)c1. The first kappa shape index (κ1) is 29.9. The van der Waals surface area contributed by atoms with Gasteiger partial charge in [-0.05, 0) is 49.2 Å². The topological polar surface area (TPSA) is 55.5 Å². The molecule has 0 radical (unpaired) electrons. The summed E-state index contributed by atoms with van der Waals surface area (Å²) in [5, 5.41) is 6.38. The molecule has 0 saturated carbocycles. The van der Waals surface area contributed by atoms with Gasteiger partial charge in [-0.1, -0.05) is 38.1 Å². The summed E-state index contributed by atoms with van der Waals surface area (Å²) in [4.78, 5) is 13.8. The lowest BCUT2D eigenvalue weighted by Crippen LogP contribution is -2.11. The van der Waals surface area contributed by atoms with Gasteiger partial charge in [0.2, 0.25) is 0 Å². The van der Waals surface area contributed by atoms with Crippen LogP contribution >= 0.6 is 22.9 Å². The fourth-order valence-corrected chi connectivity index (χ4v) is 4.79. The first-order chi connectivity index (χ1) is 17.9. The Labute approximate surface area is 229 Å². The third-order valence-corrected chi connectivity index (χ3v) is 6.74. The van der Waals surface area contributed by atoms with Crippen molar-refractivity contribution in [2.45, 2.75) is 40.1 Å². The summed E-state index contributed by atoms with van der Waals surface area (Å²) < 4.78 is 12.3. The molecule has 0 atom stereocenters. The van der Waals surface area contributed by atoms with Gasteiger partial charge in [-0.25, -0.2) is 0 Å². The maximum absolute atomic E-state index is 11.5. The van der Waals surface area contributed by atoms with Crippen molar-refractivity contribution in [3.63, 3.8) is 0 Å². The van der Waals surface area contributed by atoms with Crippen LogP contribution in [-0.4, -0.2) is 43.2 Å². The molecule has 0 spiro atoms. The van der Waals surface area contributed by atoms with Gasteiger partial charge in [-0.2, -0.15) is 5.10 Å². The van der Waals surface area contributed by atoms with Crippen molar-refractivity contribution in [3.8, 4) is 11.5 Å². The zero-order chi connectivity index (χ0) is 27.4. The molecule has 0 N–H and O–H groups in total. The van der Waals surface area contributed by atoms with Crippen LogP contribution < -0.4 is 9.47 Å². The van der Waals surface area contributed by atoms with Crippen molar-refractivity contribution in [1.82, 2.24) is 9.41 Å². The number of aldehydes is 1. The summed E-state index contributed by atoms with van der Waals surface area (Å²) in [6.07, 6.45) is 4.75. The molecular formula is C29H36ClN3O3S. The molecule has 37 heavy (non-hydrogen) atoms. The fraction of sp³-hybridized carbons (Fsp3) is 0.310. The number of thiazole rings is 1. The maximum atomic E-state index is 11.5. The fourth-order valence-electron chi connectivity index (χ4n) is 3.60. The number of alkyl halides is 1. The lowest BCUT2D eigenvalue weighted by Gasteiger charge is -2.13. The molecule has 4 aromatic rings. The Bertz CT molecular complexity index is 1290. The van der Waals surface area contributed by atoms with Crippen molar-refractivity contribution in [2.75, 3.05) is 21.3 Å². The number of hydrazone groups is 1. The van der Waals surface area contributed by atoms with E-state index in [1.165, 1.54) is 4.88 Å². The lowest BCUT2D eigenvalue weighted by atomic mass is 10.2. The van der Waals surface area contributed by atoms with E-state index < -0.39 is 0 Å². The lowest BCUT2D eigenvalue weighted by molar-refractivity contribution is 0.112. The van der Waals surface area contributed by atoms with Crippen molar-refractivity contribution < 1.29 is 14.3 Å². The van der Waals surface area contributed by atoms with Crippen LogP contribution in [0.1, 0.15) is 51.5 Å². The summed E-state index contributed by atoms with van der Waals surface area (Å²) in [5.74, 6) is 2.23. The number of carbonyl (C=O) groups is 1. The zero-order valence-corrected chi connectivity index (χ0v) is 24.2. The zero-order valence-electron chi connectivity index (χ0n) is 22.6. The van der Waals surface area contributed by atoms with E-state index in [2.05, 4.69) is 22.6 Å². The average molecular weight is 542 g/mol. The molecular weight excluding hydrogens is 506 g/mol. The molecule has 0 unspecified atom stereocenters. The molecule has 2 heterocycles. The molecule has 8 heteroatoms. The summed E-state index contributed by atoms with van der Waals surface area (Å²) in [6.45, 7) is 8.68. The van der Waals surface area contributed by atoms with E-state index in [-0.39, 0.29) is 0 Å². The third kappa shape index (κ3) is 8.10. The molecule has 198 valence electrons. The van der Waals surface area contributed by atoms with E-state index in [1.54, 1.807) is 31.8 Å². The third-order valence-electron chi connectivity index (χ3n) is 5.39. The highest BCUT2D eigenvalue weighted by molar-refractivity contribution is 7.17. The quantitative estimate of drug-likeness (QED) is 0.101. The number of methoxy groups -OCH3 is 2. The van der Waals surface area contributed by atoms with E-state index in [9.17, 15) is 4.79 Å². The van der Waals surface area contributed by atoms with Crippen molar-refractivity contribution in [1.29, 1.82) is 0 Å². The van der Waals surface area contributed by atoms with Gasteiger partial charge in [-0.15, -0.1) is 22.9 Å². The predicted molar refractivity (Wildman–Crippen MR) is 156 cm³/mol. The molecule has 2 aromatic heterocycles. The first-order valence-corrected chi connectivity index (χ1v) is 13.4. The van der Waals surface area contributed by atoms with E-state index in [1.807, 2.05) is 81.4 Å². The number of carbonyl (C=O) groups excluding carboxylic acids is 1. The molecule has 0 aliphatic heterocycles. The van der Waals surface area contributed by atoms with Gasteiger partial charge < -0.3 is 13.9 Å². The number of rotatable bonds is 8. The Hall–Kier alpha value is -3.29.